The van der Waals surface area contributed by atoms with Crippen LogP contribution < -0.4 is 5.32 Å². The molecule has 0 atom stereocenters. The van der Waals surface area contributed by atoms with E-state index < -0.39 is 0 Å². The third kappa shape index (κ3) is 5.53. The Morgan fingerprint density at radius 3 is 2.52 bits per heavy atom. The van der Waals surface area contributed by atoms with E-state index in [9.17, 15) is 9.90 Å². The standard InChI is InChI=1S/C20H31N3O2/c1-2-23(18-7-8-18)15-20(25)21-13-16-5-3-4-6-17(16)14-22-11-9-19(24)10-12-22/h3-6,18-19,24H,2,7-15H2,1H3,(H,21,25). The van der Waals surface area contributed by atoms with Gasteiger partial charge in [-0.15, -0.1) is 0 Å². The van der Waals surface area contributed by atoms with Crippen LogP contribution in [-0.4, -0.2) is 59.1 Å². The first-order chi connectivity index (χ1) is 12.2. The van der Waals surface area contributed by atoms with Gasteiger partial charge in [-0.05, 0) is 43.4 Å². The van der Waals surface area contributed by atoms with Crippen molar-refractivity contribution in [1.29, 1.82) is 0 Å². The van der Waals surface area contributed by atoms with E-state index in [0.717, 1.165) is 39.0 Å². The second-order valence-corrected chi connectivity index (χ2v) is 7.35. The van der Waals surface area contributed by atoms with Gasteiger partial charge in [0.2, 0.25) is 5.91 Å². The van der Waals surface area contributed by atoms with Gasteiger partial charge < -0.3 is 10.4 Å². The van der Waals surface area contributed by atoms with Gasteiger partial charge in [-0.2, -0.15) is 0 Å². The summed E-state index contributed by atoms with van der Waals surface area (Å²) in [6.45, 7) is 6.93. The molecule has 25 heavy (non-hydrogen) atoms. The summed E-state index contributed by atoms with van der Waals surface area (Å²) in [6.07, 6.45) is 4.03. The van der Waals surface area contributed by atoms with Crippen LogP contribution in [0.4, 0.5) is 0 Å². The van der Waals surface area contributed by atoms with Crippen molar-refractivity contribution >= 4 is 5.91 Å². The molecule has 1 saturated heterocycles. The molecule has 1 aromatic carbocycles. The first-order valence-electron chi connectivity index (χ1n) is 9.63. The topological polar surface area (TPSA) is 55.8 Å². The fourth-order valence-corrected chi connectivity index (χ4v) is 3.58. The summed E-state index contributed by atoms with van der Waals surface area (Å²) in [5.41, 5.74) is 2.46. The zero-order chi connectivity index (χ0) is 17.6. The predicted octanol–water partition coefficient (Wildman–Crippen LogP) is 1.74. The molecule has 1 heterocycles. The lowest BCUT2D eigenvalue weighted by atomic mass is 10.0. The Bertz CT molecular complexity index is 566. The van der Waals surface area contributed by atoms with Crippen molar-refractivity contribution in [3.63, 3.8) is 0 Å². The van der Waals surface area contributed by atoms with Crippen molar-refractivity contribution in [2.24, 2.45) is 0 Å². The largest absolute Gasteiger partial charge is 0.393 e. The molecular weight excluding hydrogens is 314 g/mol. The minimum Gasteiger partial charge on any atom is -0.393 e. The number of nitrogens with zero attached hydrogens (tertiary/aromatic N) is 2. The first-order valence-corrected chi connectivity index (χ1v) is 9.63. The number of likely N-dealkylation sites (tertiary alicyclic amines) is 1. The number of hydrogen-bond donors (Lipinski definition) is 2. The SMILES string of the molecule is CCN(CC(=O)NCc1ccccc1CN1CCC(O)CC1)C1CC1. The Balaban J connectivity index is 1.51. The van der Waals surface area contributed by atoms with Crippen LogP contribution in [0.15, 0.2) is 24.3 Å². The molecule has 1 aliphatic carbocycles. The number of hydrogen-bond acceptors (Lipinski definition) is 4. The van der Waals surface area contributed by atoms with Gasteiger partial charge in [-0.3, -0.25) is 14.6 Å². The van der Waals surface area contributed by atoms with E-state index in [2.05, 4.69) is 40.2 Å². The maximum atomic E-state index is 12.3. The highest BCUT2D eigenvalue weighted by Gasteiger charge is 2.28. The first kappa shape index (κ1) is 18.4. The predicted molar refractivity (Wildman–Crippen MR) is 99.1 cm³/mol. The lowest BCUT2D eigenvalue weighted by molar-refractivity contribution is -0.122. The number of aliphatic hydroxyl groups is 1. The van der Waals surface area contributed by atoms with Crippen molar-refractivity contribution in [3.05, 3.63) is 35.4 Å². The van der Waals surface area contributed by atoms with Gasteiger partial charge in [-0.1, -0.05) is 31.2 Å². The Labute approximate surface area is 151 Å². The van der Waals surface area contributed by atoms with E-state index in [1.807, 2.05) is 6.07 Å². The van der Waals surface area contributed by atoms with E-state index in [0.29, 0.717) is 19.1 Å². The molecule has 138 valence electrons. The second kappa shape index (κ2) is 8.79. The van der Waals surface area contributed by atoms with Crippen LogP contribution in [0.2, 0.25) is 0 Å². The fraction of sp³-hybridized carbons (Fsp3) is 0.650. The van der Waals surface area contributed by atoms with E-state index in [1.54, 1.807) is 0 Å². The van der Waals surface area contributed by atoms with Crippen molar-refractivity contribution in [1.82, 2.24) is 15.1 Å². The summed E-state index contributed by atoms with van der Waals surface area (Å²) in [5.74, 6) is 0.115. The number of rotatable bonds is 8. The van der Waals surface area contributed by atoms with Gasteiger partial charge in [0.25, 0.3) is 0 Å². The summed E-state index contributed by atoms with van der Waals surface area (Å²) in [5, 5.41) is 12.7. The Kier molecular flexibility index (Phi) is 6.45. The van der Waals surface area contributed by atoms with Gasteiger partial charge in [0.1, 0.15) is 0 Å². The summed E-state index contributed by atoms with van der Waals surface area (Å²) >= 11 is 0. The minimum absolute atomic E-state index is 0.115. The highest BCUT2D eigenvalue weighted by molar-refractivity contribution is 5.78. The second-order valence-electron chi connectivity index (χ2n) is 7.35. The van der Waals surface area contributed by atoms with Crippen molar-refractivity contribution in [2.75, 3.05) is 26.2 Å². The number of piperidine rings is 1. The maximum absolute atomic E-state index is 12.3. The monoisotopic (exact) mass is 345 g/mol. The van der Waals surface area contributed by atoms with Crippen LogP contribution >= 0.6 is 0 Å². The van der Waals surface area contributed by atoms with Gasteiger partial charge in [0.05, 0.1) is 12.6 Å². The van der Waals surface area contributed by atoms with E-state index >= 15 is 0 Å². The molecule has 0 unspecified atom stereocenters. The van der Waals surface area contributed by atoms with Crippen LogP contribution in [0, 0.1) is 0 Å². The molecular formula is C20H31N3O2. The summed E-state index contributed by atoms with van der Waals surface area (Å²) < 4.78 is 0. The maximum Gasteiger partial charge on any atom is 0.234 e. The molecule has 0 aromatic heterocycles. The number of amides is 1. The van der Waals surface area contributed by atoms with Gasteiger partial charge in [0, 0.05) is 32.2 Å². The molecule has 3 rings (SSSR count). The van der Waals surface area contributed by atoms with E-state index in [4.69, 9.17) is 0 Å². The number of benzene rings is 1. The van der Waals surface area contributed by atoms with E-state index in [-0.39, 0.29) is 12.0 Å². The average molecular weight is 345 g/mol. The zero-order valence-electron chi connectivity index (χ0n) is 15.3. The van der Waals surface area contributed by atoms with Gasteiger partial charge in [-0.25, -0.2) is 0 Å². The third-order valence-electron chi connectivity index (χ3n) is 5.36. The highest BCUT2D eigenvalue weighted by atomic mass is 16.3. The molecule has 2 fully saturated rings. The minimum atomic E-state index is -0.140. The normalized spacial score (nSPS) is 19.3. The third-order valence-corrected chi connectivity index (χ3v) is 5.36. The molecule has 1 saturated carbocycles. The van der Waals surface area contributed by atoms with Crippen molar-refractivity contribution < 1.29 is 9.90 Å². The number of aliphatic hydroxyl groups excluding tert-OH is 1. The molecule has 1 aromatic rings. The molecule has 1 amide bonds. The molecule has 5 nitrogen and oxygen atoms in total. The number of likely N-dealkylation sites (N-methyl/N-ethyl adjacent to an activating group) is 1. The molecule has 2 aliphatic rings. The van der Waals surface area contributed by atoms with Crippen LogP contribution in [0.1, 0.15) is 43.7 Å². The van der Waals surface area contributed by atoms with Crippen molar-refractivity contribution in [2.45, 2.75) is 57.8 Å². The Morgan fingerprint density at radius 1 is 1.20 bits per heavy atom. The number of carbonyl (C=O) groups is 1. The molecule has 0 bridgehead atoms. The Morgan fingerprint density at radius 2 is 1.88 bits per heavy atom. The molecule has 1 aliphatic heterocycles. The smallest absolute Gasteiger partial charge is 0.234 e. The average Bonchev–Trinajstić information content (AvgIpc) is 3.46. The molecule has 0 radical (unpaired) electrons. The van der Waals surface area contributed by atoms with Gasteiger partial charge >= 0.3 is 0 Å². The molecule has 0 spiro atoms. The molecule has 5 heteroatoms. The zero-order valence-corrected chi connectivity index (χ0v) is 15.3. The lowest BCUT2D eigenvalue weighted by Gasteiger charge is -2.30. The quantitative estimate of drug-likeness (QED) is 0.754. The summed E-state index contributed by atoms with van der Waals surface area (Å²) in [7, 11) is 0. The lowest BCUT2D eigenvalue weighted by Crippen LogP contribution is -2.38. The van der Waals surface area contributed by atoms with Crippen molar-refractivity contribution in [3.8, 4) is 0 Å². The summed E-state index contributed by atoms with van der Waals surface area (Å²) in [6, 6.07) is 8.97. The Hall–Kier alpha value is -1.43. The van der Waals surface area contributed by atoms with Crippen LogP contribution in [-0.2, 0) is 17.9 Å². The molecule has 2 N–H and O–H groups in total. The van der Waals surface area contributed by atoms with Crippen LogP contribution in [0.5, 0.6) is 0 Å². The summed E-state index contributed by atoms with van der Waals surface area (Å²) in [4.78, 5) is 16.9. The number of carbonyl (C=O) groups excluding carboxylic acids is 1. The van der Waals surface area contributed by atoms with Crippen LogP contribution in [0.25, 0.3) is 0 Å². The number of nitrogens with one attached hydrogen (secondary N) is 1. The highest BCUT2D eigenvalue weighted by Crippen LogP contribution is 2.26. The van der Waals surface area contributed by atoms with Gasteiger partial charge in [0.15, 0.2) is 0 Å². The fourth-order valence-electron chi connectivity index (χ4n) is 3.58. The van der Waals surface area contributed by atoms with Crippen LogP contribution in [0.3, 0.4) is 0 Å². The van der Waals surface area contributed by atoms with E-state index in [1.165, 1.54) is 24.0 Å².